The molecule has 4 N–H and O–H groups in total. The zero-order valence-corrected chi connectivity index (χ0v) is 37.9. The Bertz CT molecular complexity index is 1340. The van der Waals surface area contributed by atoms with Gasteiger partial charge in [0.1, 0.15) is 12.6 Å². The van der Waals surface area contributed by atoms with Crippen LogP contribution < -0.4 is 5.73 Å². The van der Waals surface area contributed by atoms with Crippen molar-refractivity contribution in [1.82, 2.24) is 0 Å². The van der Waals surface area contributed by atoms with E-state index in [4.69, 9.17) is 24.8 Å². The molecule has 342 valence electrons. The second-order valence-corrected chi connectivity index (χ2v) is 16.3. The number of aliphatic carboxylic acids is 1. The molecule has 0 radical (unpaired) electrons. The predicted octanol–water partition coefficient (Wildman–Crippen LogP) is 12.3. The summed E-state index contributed by atoms with van der Waals surface area (Å²) in [6.07, 6.45) is 52.5. The number of carboxylic acid groups (broad SMARTS) is 1. The molecule has 0 aromatic rings. The van der Waals surface area contributed by atoms with E-state index in [9.17, 15) is 23.8 Å². The van der Waals surface area contributed by atoms with E-state index < -0.39 is 57.7 Å². The third-order valence-corrected chi connectivity index (χ3v) is 10.1. The van der Waals surface area contributed by atoms with E-state index in [0.29, 0.717) is 12.8 Å². The van der Waals surface area contributed by atoms with Gasteiger partial charge in [-0.2, -0.15) is 0 Å². The normalized spacial score (nSPS) is 14.5. The van der Waals surface area contributed by atoms with Gasteiger partial charge in [0.05, 0.1) is 19.6 Å². The maximum absolute atomic E-state index is 12.6. The summed E-state index contributed by atoms with van der Waals surface area (Å²) in [7, 11) is -4.75. The minimum Gasteiger partial charge on any atom is -0.480 e. The molecule has 0 bridgehead atoms. The topological polar surface area (TPSA) is 172 Å². The third kappa shape index (κ3) is 41.4. The Labute approximate surface area is 362 Å². The number of carbonyl (C=O) groups excluding carboxylic acids is 2. The molecule has 0 rings (SSSR count). The largest absolute Gasteiger partial charge is 0.480 e. The molecule has 3 unspecified atom stereocenters. The van der Waals surface area contributed by atoms with E-state index in [1.165, 1.54) is 70.6 Å². The molecule has 12 heteroatoms. The summed E-state index contributed by atoms with van der Waals surface area (Å²) >= 11 is 0. The lowest BCUT2D eigenvalue weighted by atomic mass is 10.1. The summed E-state index contributed by atoms with van der Waals surface area (Å²) in [4.78, 5) is 45.9. The molecule has 3 atom stereocenters. The lowest BCUT2D eigenvalue weighted by Crippen LogP contribution is -2.34. The highest BCUT2D eigenvalue weighted by atomic mass is 31.2. The number of unbranched alkanes of at least 4 members (excludes halogenated alkanes) is 14. The molecule has 0 heterocycles. The average Bonchev–Trinajstić information content (AvgIpc) is 3.22. The van der Waals surface area contributed by atoms with Crippen LogP contribution in [0, 0.1) is 0 Å². The van der Waals surface area contributed by atoms with Crippen LogP contribution in [0.3, 0.4) is 0 Å². The molecular weight excluding hydrogens is 781 g/mol. The first kappa shape index (κ1) is 56.7. The summed E-state index contributed by atoms with van der Waals surface area (Å²) in [5.41, 5.74) is 5.33. The van der Waals surface area contributed by atoms with Crippen molar-refractivity contribution < 1.29 is 47.5 Å². The van der Waals surface area contributed by atoms with Crippen LogP contribution in [0.1, 0.15) is 168 Å². The number of phosphoric acid groups is 1. The van der Waals surface area contributed by atoms with Gasteiger partial charge in [0, 0.05) is 6.42 Å². The van der Waals surface area contributed by atoms with Crippen molar-refractivity contribution in [3.63, 3.8) is 0 Å². The van der Waals surface area contributed by atoms with Crippen molar-refractivity contribution in [2.24, 2.45) is 5.73 Å². The van der Waals surface area contributed by atoms with Crippen LogP contribution >= 0.6 is 7.82 Å². The fourth-order valence-corrected chi connectivity index (χ4v) is 6.42. The highest BCUT2D eigenvalue weighted by molar-refractivity contribution is 7.47. The van der Waals surface area contributed by atoms with Crippen molar-refractivity contribution in [2.45, 2.75) is 180 Å². The zero-order chi connectivity index (χ0) is 44.2. The van der Waals surface area contributed by atoms with Gasteiger partial charge >= 0.3 is 25.7 Å². The van der Waals surface area contributed by atoms with Crippen LogP contribution in [-0.2, 0) is 37.5 Å². The van der Waals surface area contributed by atoms with Crippen molar-refractivity contribution in [3.8, 4) is 0 Å². The maximum Gasteiger partial charge on any atom is 0.472 e. The molecule has 11 nitrogen and oxygen atoms in total. The Hall–Kier alpha value is -3.34. The monoisotopic (exact) mass is 862 g/mol. The maximum atomic E-state index is 12.6. The number of hydrogen-bond donors (Lipinski definition) is 3. The van der Waals surface area contributed by atoms with Gasteiger partial charge < -0.3 is 25.2 Å². The Balaban J connectivity index is 4.42. The first-order chi connectivity index (χ1) is 29.1. The van der Waals surface area contributed by atoms with Gasteiger partial charge in [0.2, 0.25) is 0 Å². The Kier molecular flexibility index (Phi) is 40.0. The van der Waals surface area contributed by atoms with E-state index in [1.54, 1.807) is 6.08 Å². The molecule has 0 aromatic carbocycles. The fourth-order valence-electron chi connectivity index (χ4n) is 5.64. The first-order valence-corrected chi connectivity index (χ1v) is 24.1. The Morgan fingerprint density at radius 1 is 0.550 bits per heavy atom. The van der Waals surface area contributed by atoms with Gasteiger partial charge in [-0.3, -0.25) is 23.4 Å². The highest BCUT2D eigenvalue weighted by Crippen LogP contribution is 2.43. The molecule has 0 saturated heterocycles. The van der Waals surface area contributed by atoms with Crippen LogP contribution in [0.25, 0.3) is 0 Å². The molecule has 0 saturated carbocycles. The minimum absolute atomic E-state index is 0.0759. The number of ether oxygens (including phenoxy) is 2. The van der Waals surface area contributed by atoms with Crippen LogP contribution in [0.5, 0.6) is 0 Å². The van der Waals surface area contributed by atoms with Crippen LogP contribution in [0.4, 0.5) is 0 Å². The molecule has 0 amide bonds. The number of allylic oxidation sites excluding steroid dienone is 13. The van der Waals surface area contributed by atoms with Crippen LogP contribution in [0.2, 0.25) is 0 Å². The predicted molar refractivity (Wildman–Crippen MR) is 244 cm³/mol. The van der Waals surface area contributed by atoms with E-state index in [-0.39, 0.29) is 12.8 Å². The number of rotatable bonds is 41. The average molecular weight is 862 g/mol. The van der Waals surface area contributed by atoms with Gasteiger partial charge in [0.15, 0.2) is 6.10 Å². The minimum atomic E-state index is -4.75. The van der Waals surface area contributed by atoms with Crippen molar-refractivity contribution >= 4 is 25.7 Å². The number of nitrogens with two attached hydrogens (primary N) is 1. The van der Waals surface area contributed by atoms with Crippen molar-refractivity contribution in [1.29, 1.82) is 0 Å². The van der Waals surface area contributed by atoms with Crippen molar-refractivity contribution in [3.05, 3.63) is 85.1 Å². The quantitative estimate of drug-likeness (QED) is 0.0231. The van der Waals surface area contributed by atoms with E-state index in [0.717, 1.165) is 57.8 Å². The number of esters is 2. The SMILES string of the molecule is CC/C=C\C/C=C\C/C=C\C/C=C\C/C=C\CC(=O)OC(COC(=O)CCCCCCCCCCC/C=C\C/C=C\CCCCCCC)COP(=O)(O)OCC(N)C(=O)O. The second-order valence-electron chi connectivity index (χ2n) is 14.8. The van der Waals surface area contributed by atoms with E-state index in [2.05, 4.69) is 79.1 Å². The summed E-state index contributed by atoms with van der Waals surface area (Å²) in [5.74, 6) is -2.55. The molecule has 0 fully saturated rings. The van der Waals surface area contributed by atoms with Gasteiger partial charge in [-0.15, -0.1) is 0 Å². The number of carboxylic acids is 1. The molecule has 0 aliphatic rings. The summed E-state index contributed by atoms with van der Waals surface area (Å²) in [6, 6.07) is -1.54. The number of hydrogen-bond acceptors (Lipinski definition) is 9. The van der Waals surface area contributed by atoms with Gasteiger partial charge in [-0.25, -0.2) is 4.57 Å². The second kappa shape index (κ2) is 42.4. The smallest absolute Gasteiger partial charge is 0.472 e. The molecule has 0 aliphatic heterocycles. The van der Waals surface area contributed by atoms with E-state index >= 15 is 0 Å². The zero-order valence-electron chi connectivity index (χ0n) is 37.0. The van der Waals surface area contributed by atoms with Crippen molar-refractivity contribution in [2.75, 3.05) is 19.8 Å². The summed E-state index contributed by atoms with van der Waals surface area (Å²) in [5, 5.41) is 8.89. The first-order valence-electron chi connectivity index (χ1n) is 22.6. The molecule has 60 heavy (non-hydrogen) atoms. The highest BCUT2D eigenvalue weighted by Gasteiger charge is 2.28. The lowest BCUT2D eigenvalue weighted by molar-refractivity contribution is -0.160. The third-order valence-electron chi connectivity index (χ3n) is 9.16. The van der Waals surface area contributed by atoms with Gasteiger partial charge in [0.25, 0.3) is 0 Å². The number of carbonyl (C=O) groups is 3. The van der Waals surface area contributed by atoms with Crippen LogP contribution in [-0.4, -0.2) is 59.9 Å². The van der Waals surface area contributed by atoms with Gasteiger partial charge in [-0.05, 0) is 70.6 Å². The molecule has 0 spiro atoms. The summed E-state index contributed by atoms with van der Waals surface area (Å²) in [6.45, 7) is 2.57. The molecule has 0 aromatic heterocycles. The fraction of sp³-hybridized carbons (Fsp3) is 0.646. The lowest BCUT2D eigenvalue weighted by Gasteiger charge is -2.20. The number of phosphoric ester groups is 1. The summed E-state index contributed by atoms with van der Waals surface area (Å²) < 4.78 is 32.6. The molecule has 0 aliphatic carbocycles. The standard InChI is InChI=1S/C48H80NO10P/c1-3-5-7-9-11-13-15-17-19-20-21-22-23-24-26-27-29-31-33-35-37-39-46(50)56-41-44(42-57-60(54,55)58-43-45(49)48(52)53)59-47(51)40-38-36-34-32-30-28-25-18-16-14-12-10-8-6-4-2/h6,8,12,14-15,17-18,20-21,25,30,32,36,38,44-45H,3-5,7,9-11,13,16,19,22-24,26-29,31,33-35,37,39-43,49H2,1-2H3,(H,52,53)(H,54,55)/b8-6-,14-12-,17-15-,21-20-,25-18-,32-30-,38-36-. The Morgan fingerprint density at radius 2 is 0.983 bits per heavy atom. The Morgan fingerprint density at radius 3 is 1.48 bits per heavy atom. The van der Waals surface area contributed by atoms with Crippen LogP contribution in [0.15, 0.2) is 85.1 Å². The molecular formula is C48H80NO10P. The van der Waals surface area contributed by atoms with Gasteiger partial charge in [-0.1, -0.05) is 170 Å². The van der Waals surface area contributed by atoms with E-state index in [1.807, 2.05) is 18.2 Å².